The van der Waals surface area contributed by atoms with E-state index in [1.54, 1.807) is 7.11 Å². The summed E-state index contributed by atoms with van der Waals surface area (Å²) in [7, 11) is 1.73. The summed E-state index contributed by atoms with van der Waals surface area (Å²) in [6.45, 7) is 8.68. The van der Waals surface area contributed by atoms with Gasteiger partial charge >= 0.3 is 0 Å². The molecule has 6 rings (SSSR count). The van der Waals surface area contributed by atoms with Crippen LogP contribution in [-0.4, -0.2) is 36.1 Å². The second-order valence-electron chi connectivity index (χ2n) is 8.86. The molecule has 3 nitrogen and oxygen atoms in total. The summed E-state index contributed by atoms with van der Waals surface area (Å²) in [5, 5.41) is 1.20. The van der Waals surface area contributed by atoms with Gasteiger partial charge in [0.05, 0.1) is 12.6 Å². The van der Waals surface area contributed by atoms with E-state index >= 15 is 0 Å². The van der Waals surface area contributed by atoms with E-state index in [1.807, 2.05) is 12.3 Å². The quantitative estimate of drug-likeness (QED) is 0.525. The first-order valence-corrected chi connectivity index (χ1v) is 11.0. The molecule has 154 valence electrons. The van der Waals surface area contributed by atoms with E-state index in [0.29, 0.717) is 17.9 Å². The number of hydrogen-bond donors (Lipinski definition) is 0. The van der Waals surface area contributed by atoms with Crippen LogP contribution in [0.2, 0.25) is 0 Å². The number of benzene rings is 2. The van der Waals surface area contributed by atoms with Crippen molar-refractivity contribution in [2.75, 3.05) is 20.2 Å². The van der Waals surface area contributed by atoms with Gasteiger partial charge in [-0.2, -0.15) is 0 Å². The molecule has 4 heterocycles. The third-order valence-electron chi connectivity index (χ3n) is 7.38. The van der Waals surface area contributed by atoms with E-state index in [0.717, 1.165) is 23.7 Å². The molecule has 3 aromatic rings. The van der Waals surface area contributed by atoms with E-state index in [-0.39, 0.29) is 0 Å². The average Bonchev–Trinajstić information content (AvgIpc) is 2.80. The fraction of sp³-hybridized carbons (Fsp3) is 0.370. The predicted octanol–water partition coefficient (Wildman–Crippen LogP) is 5.58. The number of aromatic nitrogens is 1. The molecule has 3 aliphatic heterocycles. The minimum Gasteiger partial charge on any atom is -0.497 e. The van der Waals surface area contributed by atoms with Crippen LogP contribution in [-0.2, 0) is 0 Å². The normalized spacial score (nSPS) is 26.5. The van der Waals surface area contributed by atoms with E-state index < -0.39 is 0 Å². The van der Waals surface area contributed by atoms with Crippen molar-refractivity contribution in [3.63, 3.8) is 0 Å². The maximum Gasteiger partial charge on any atom is 0.119 e. The first-order valence-electron chi connectivity index (χ1n) is 11.0. The highest BCUT2D eigenvalue weighted by atomic mass is 16.5. The van der Waals surface area contributed by atoms with Crippen LogP contribution in [0.3, 0.4) is 0 Å². The van der Waals surface area contributed by atoms with E-state index in [4.69, 9.17) is 4.74 Å². The Morgan fingerprint density at radius 1 is 1.17 bits per heavy atom. The van der Waals surface area contributed by atoms with Gasteiger partial charge in [0.25, 0.3) is 0 Å². The summed E-state index contributed by atoms with van der Waals surface area (Å²) in [6, 6.07) is 17.9. The molecule has 0 amide bonds. The van der Waals surface area contributed by atoms with Gasteiger partial charge in [0.1, 0.15) is 5.75 Å². The lowest BCUT2D eigenvalue weighted by atomic mass is 9.69. The predicted molar refractivity (Wildman–Crippen MR) is 123 cm³/mol. The summed E-state index contributed by atoms with van der Waals surface area (Å²) < 4.78 is 5.56. The fourth-order valence-corrected chi connectivity index (χ4v) is 5.79. The molecule has 0 aliphatic carbocycles. The maximum atomic E-state index is 5.56. The molecule has 4 unspecified atom stereocenters. The Bertz CT molecular complexity index is 1080. The molecular weight excluding hydrogens is 368 g/mol. The number of methoxy groups -OCH3 is 1. The molecule has 2 bridgehead atoms. The smallest absolute Gasteiger partial charge is 0.119 e. The lowest BCUT2D eigenvalue weighted by Crippen LogP contribution is -2.55. The number of hydrogen-bond acceptors (Lipinski definition) is 3. The first-order chi connectivity index (χ1) is 14.7. The standard InChI is InChI=1S/C27H30N2O/c1-4-19-17-29-14-12-20(19)15-26(29)27(22-8-6-5-7-18(22)2)23-11-13-28-25-10-9-21(30-3)16-24(23)25/h4-11,13,16,19-20,26-27H,1,12,14-15,17H2,2-3H3/t19?,20?,26?,27-/m0/s1. The van der Waals surface area contributed by atoms with Crippen molar-refractivity contribution in [2.45, 2.75) is 31.7 Å². The highest BCUT2D eigenvalue weighted by molar-refractivity contribution is 5.84. The zero-order valence-electron chi connectivity index (χ0n) is 17.9. The second-order valence-corrected chi connectivity index (χ2v) is 8.86. The molecular formula is C27H30N2O. The average molecular weight is 399 g/mol. The summed E-state index contributed by atoms with van der Waals surface area (Å²) in [4.78, 5) is 7.37. The Hall–Kier alpha value is -2.65. The van der Waals surface area contributed by atoms with Crippen molar-refractivity contribution in [1.29, 1.82) is 0 Å². The van der Waals surface area contributed by atoms with Gasteiger partial charge in [0.2, 0.25) is 0 Å². The molecule has 0 spiro atoms. The van der Waals surface area contributed by atoms with Gasteiger partial charge in [-0.1, -0.05) is 30.3 Å². The van der Waals surface area contributed by atoms with Crippen molar-refractivity contribution in [1.82, 2.24) is 9.88 Å². The van der Waals surface area contributed by atoms with Gasteiger partial charge in [-0.15, -0.1) is 6.58 Å². The minimum absolute atomic E-state index is 0.317. The Morgan fingerprint density at radius 2 is 2.03 bits per heavy atom. The van der Waals surface area contributed by atoms with Gasteiger partial charge in [-0.3, -0.25) is 9.88 Å². The number of nitrogens with zero attached hydrogens (tertiary/aromatic N) is 2. The largest absolute Gasteiger partial charge is 0.497 e. The molecule has 0 N–H and O–H groups in total. The van der Waals surface area contributed by atoms with Crippen LogP contribution in [0.4, 0.5) is 0 Å². The third-order valence-corrected chi connectivity index (χ3v) is 7.38. The van der Waals surface area contributed by atoms with Crippen molar-refractivity contribution in [3.05, 3.63) is 84.1 Å². The van der Waals surface area contributed by atoms with Crippen LogP contribution in [0.15, 0.2) is 67.4 Å². The topological polar surface area (TPSA) is 25.4 Å². The Morgan fingerprint density at radius 3 is 2.77 bits per heavy atom. The molecule has 3 aliphatic rings. The van der Waals surface area contributed by atoms with Crippen LogP contribution in [0, 0.1) is 18.8 Å². The van der Waals surface area contributed by atoms with Gasteiger partial charge in [-0.25, -0.2) is 0 Å². The molecule has 30 heavy (non-hydrogen) atoms. The van der Waals surface area contributed by atoms with Crippen LogP contribution in [0.5, 0.6) is 5.75 Å². The summed E-state index contributed by atoms with van der Waals surface area (Å²) in [5.41, 5.74) is 5.19. The lowest BCUT2D eigenvalue weighted by molar-refractivity contribution is 0.0121. The third kappa shape index (κ3) is 3.22. The number of pyridine rings is 1. The molecule has 3 fully saturated rings. The van der Waals surface area contributed by atoms with E-state index in [2.05, 4.69) is 71.9 Å². The number of piperidine rings is 3. The number of ether oxygens (including phenoxy) is 1. The van der Waals surface area contributed by atoms with Crippen molar-refractivity contribution < 1.29 is 4.74 Å². The zero-order chi connectivity index (χ0) is 20.7. The van der Waals surface area contributed by atoms with Gasteiger partial charge in [0.15, 0.2) is 0 Å². The Balaban J connectivity index is 1.68. The summed E-state index contributed by atoms with van der Waals surface area (Å²) >= 11 is 0. The Kier molecular flexibility index (Phi) is 5.08. The molecule has 5 atom stereocenters. The highest BCUT2D eigenvalue weighted by Gasteiger charge is 2.43. The van der Waals surface area contributed by atoms with Crippen molar-refractivity contribution in [3.8, 4) is 5.75 Å². The van der Waals surface area contributed by atoms with Crippen molar-refractivity contribution >= 4 is 10.9 Å². The summed E-state index contributed by atoms with van der Waals surface area (Å²) in [5.74, 6) is 2.57. The van der Waals surface area contributed by atoms with Crippen LogP contribution in [0.1, 0.15) is 35.4 Å². The molecule has 0 radical (unpaired) electrons. The fourth-order valence-electron chi connectivity index (χ4n) is 5.79. The molecule has 3 saturated heterocycles. The second kappa shape index (κ2) is 7.88. The zero-order valence-corrected chi connectivity index (χ0v) is 17.9. The molecule has 2 aromatic carbocycles. The number of fused-ring (bicyclic) bond motifs is 4. The molecule has 3 heteroatoms. The number of rotatable bonds is 5. The Labute approximate surface area is 179 Å². The van der Waals surface area contributed by atoms with E-state index in [9.17, 15) is 0 Å². The lowest BCUT2D eigenvalue weighted by Gasteiger charge is -2.52. The summed E-state index contributed by atoms with van der Waals surface area (Å²) in [6.07, 6.45) is 6.67. The van der Waals surface area contributed by atoms with Gasteiger partial charge in [0, 0.05) is 30.1 Å². The molecule has 1 aromatic heterocycles. The van der Waals surface area contributed by atoms with Crippen LogP contribution in [0.25, 0.3) is 10.9 Å². The first kappa shape index (κ1) is 19.3. The van der Waals surface area contributed by atoms with Crippen LogP contribution >= 0.6 is 0 Å². The minimum atomic E-state index is 0.317. The van der Waals surface area contributed by atoms with Crippen molar-refractivity contribution in [2.24, 2.45) is 11.8 Å². The van der Waals surface area contributed by atoms with E-state index in [1.165, 1.54) is 41.5 Å². The molecule has 0 saturated carbocycles. The SMILES string of the molecule is C=CC1CN2CCC1CC2[C@@H](c1ccccc1C)c1ccnc2ccc(OC)cc12. The number of aryl methyl sites for hydroxylation is 1. The highest BCUT2D eigenvalue weighted by Crippen LogP contribution is 2.46. The van der Waals surface area contributed by atoms with Gasteiger partial charge in [-0.05, 0) is 79.1 Å². The van der Waals surface area contributed by atoms with Crippen LogP contribution < -0.4 is 4.74 Å². The monoisotopic (exact) mass is 398 g/mol. The van der Waals surface area contributed by atoms with Gasteiger partial charge < -0.3 is 4.74 Å². The maximum absolute atomic E-state index is 5.56.